The zero-order valence-electron chi connectivity index (χ0n) is 9.24. The summed E-state index contributed by atoms with van der Waals surface area (Å²) in [7, 11) is 1.64. The number of nitrogens with zero attached hydrogens (tertiary/aromatic N) is 1. The fourth-order valence-electron chi connectivity index (χ4n) is 1.36. The Morgan fingerprint density at radius 2 is 2.12 bits per heavy atom. The van der Waals surface area contributed by atoms with Crippen LogP contribution in [0.1, 0.15) is 18.0 Å². The van der Waals surface area contributed by atoms with E-state index in [-0.39, 0.29) is 5.82 Å². The SMILES string of the molecule is COCCCNC(C#N)c1ccc(F)cc1. The first-order chi connectivity index (χ1) is 7.77. The molecule has 1 rings (SSSR count). The molecule has 0 radical (unpaired) electrons. The van der Waals surface area contributed by atoms with E-state index in [4.69, 9.17) is 10.00 Å². The Morgan fingerprint density at radius 1 is 1.44 bits per heavy atom. The molecule has 0 saturated carbocycles. The van der Waals surface area contributed by atoms with Crippen LogP contribution in [0.2, 0.25) is 0 Å². The molecule has 0 aliphatic rings. The number of hydrogen-bond donors (Lipinski definition) is 1. The maximum Gasteiger partial charge on any atom is 0.123 e. The molecule has 1 N–H and O–H groups in total. The van der Waals surface area contributed by atoms with Gasteiger partial charge in [0.15, 0.2) is 0 Å². The van der Waals surface area contributed by atoms with Crippen LogP contribution in [0.5, 0.6) is 0 Å². The van der Waals surface area contributed by atoms with Crippen LogP contribution in [0.25, 0.3) is 0 Å². The molecule has 0 aliphatic carbocycles. The molecule has 0 aromatic heterocycles. The quantitative estimate of drug-likeness (QED) is 0.749. The van der Waals surface area contributed by atoms with E-state index < -0.39 is 6.04 Å². The largest absolute Gasteiger partial charge is 0.385 e. The highest BCUT2D eigenvalue weighted by atomic mass is 19.1. The van der Waals surface area contributed by atoms with Crippen molar-refractivity contribution >= 4 is 0 Å². The molecule has 16 heavy (non-hydrogen) atoms. The highest BCUT2D eigenvalue weighted by Gasteiger charge is 2.08. The summed E-state index contributed by atoms with van der Waals surface area (Å²) in [6.45, 7) is 1.36. The monoisotopic (exact) mass is 222 g/mol. The zero-order chi connectivity index (χ0) is 11.8. The molecule has 1 atom stereocenters. The van der Waals surface area contributed by atoms with Crippen molar-refractivity contribution in [2.24, 2.45) is 0 Å². The van der Waals surface area contributed by atoms with E-state index >= 15 is 0 Å². The number of methoxy groups -OCH3 is 1. The Hall–Kier alpha value is -1.44. The van der Waals surface area contributed by atoms with Gasteiger partial charge in [-0.2, -0.15) is 5.26 Å². The normalized spacial score (nSPS) is 12.1. The van der Waals surface area contributed by atoms with Gasteiger partial charge in [0.05, 0.1) is 6.07 Å². The van der Waals surface area contributed by atoms with Gasteiger partial charge in [0.2, 0.25) is 0 Å². The second-order valence-corrected chi connectivity index (χ2v) is 3.41. The van der Waals surface area contributed by atoms with Gasteiger partial charge in [-0.25, -0.2) is 4.39 Å². The smallest absolute Gasteiger partial charge is 0.123 e. The third-order valence-corrected chi connectivity index (χ3v) is 2.21. The molecule has 0 aliphatic heterocycles. The van der Waals surface area contributed by atoms with Crippen molar-refractivity contribution in [1.82, 2.24) is 5.32 Å². The number of benzene rings is 1. The van der Waals surface area contributed by atoms with Crippen molar-refractivity contribution in [2.75, 3.05) is 20.3 Å². The Balaban J connectivity index is 2.48. The summed E-state index contributed by atoms with van der Waals surface area (Å²) in [6, 6.07) is 7.70. The summed E-state index contributed by atoms with van der Waals surface area (Å²) in [5.74, 6) is -0.292. The van der Waals surface area contributed by atoms with Crippen LogP contribution in [0.3, 0.4) is 0 Å². The summed E-state index contributed by atoms with van der Waals surface area (Å²) in [6.07, 6.45) is 0.843. The van der Waals surface area contributed by atoms with Gasteiger partial charge >= 0.3 is 0 Å². The van der Waals surface area contributed by atoms with Crippen molar-refractivity contribution in [1.29, 1.82) is 5.26 Å². The van der Waals surface area contributed by atoms with E-state index in [0.717, 1.165) is 12.0 Å². The summed E-state index contributed by atoms with van der Waals surface area (Å²) in [5.41, 5.74) is 0.779. The molecule has 0 bridgehead atoms. The lowest BCUT2D eigenvalue weighted by Gasteiger charge is -2.11. The van der Waals surface area contributed by atoms with Crippen molar-refractivity contribution < 1.29 is 9.13 Å². The Morgan fingerprint density at radius 3 is 2.69 bits per heavy atom. The van der Waals surface area contributed by atoms with E-state index in [0.29, 0.717) is 13.2 Å². The molecule has 0 amide bonds. The van der Waals surface area contributed by atoms with E-state index in [1.807, 2.05) is 0 Å². The Labute approximate surface area is 94.8 Å². The fourth-order valence-corrected chi connectivity index (χ4v) is 1.36. The van der Waals surface area contributed by atoms with Crippen LogP contribution in [0, 0.1) is 17.1 Å². The molecule has 0 heterocycles. The minimum atomic E-state index is -0.391. The lowest BCUT2D eigenvalue weighted by atomic mass is 10.1. The topological polar surface area (TPSA) is 45.0 Å². The molecular formula is C12H15FN2O. The van der Waals surface area contributed by atoms with Crippen LogP contribution in [-0.2, 0) is 4.74 Å². The summed E-state index contributed by atoms with van der Waals surface area (Å²) in [5, 5.41) is 12.0. The number of nitriles is 1. The minimum Gasteiger partial charge on any atom is -0.385 e. The lowest BCUT2D eigenvalue weighted by Crippen LogP contribution is -2.22. The number of hydrogen-bond acceptors (Lipinski definition) is 3. The van der Waals surface area contributed by atoms with Gasteiger partial charge in [0.1, 0.15) is 11.9 Å². The van der Waals surface area contributed by atoms with E-state index in [1.54, 1.807) is 19.2 Å². The highest BCUT2D eigenvalue weighted by Crippen LogP contribution is 2.12. The maximum absolute atomic E-state index is 12.7. The van der Waals surface area contributed by atoms with E-state index in [1.165, 1.54) is 12.1 Å². The molecule has 0 saturated heterocycles. The maximum atomic E-state index is 12.7. The average Bonchev–Trinajstić information content (AvgIpc) is 2.31. The number of halogens is 1. The van der Waals surface area contributed by atoms with Crippen molar-refractivity contribution in [2.45, 2.75) is 12.5 Å². The van der Waals surface area contributed by atoms with Crippen LogP contribution in [-0.4, -0.2) is 20.3 Å². The number of nitrogens with one attached hydrogen (secondary N) is 1. The van der Waals surface area contributed by atoms with E-state index in [9.17, 15) is 4.39 Å². The molecule has 86 valence electrons. The van der Waals surface area contributed by atoms with Crippen LogP contribution >= 0.6 is 0 Å². The highest BCUT2D eigenvalue weighted by molar-refractivity contribution is 5.24. The molecule has 1 unspecified atom stereocenters. The zero-order valence-corrected chi connectivity index (χ0v) is 9.24. The number of rotatable bonds is 6. The van der Waals surface area contributed by atoms with Crippen molar-refractivity contribution in [3.05, 3.63) is 35.6 Å². The van der Waals surface area contributed by atoms with Gasteiger partial charge in [-0.3, -0.25) is 5.32 Å². The van der Waals surface area contributed by atoms with Gasteiger partial charge < -0.3 is 4.74 Å². The molecule has 1 aromatic carbocycles. The van der Waals surface area contributed by atoms with Gasteiger partial charge in [-0.15, -0.1) is 0 Å². The molecule has 4 heteroatoms. The molecule has 0 spiro atoms. The first-order valence-electron chi connectivity index (χ1n) is 5.15. The van der Waals surface area contributed by atoms with Gasteiger partial charge in [-0.1, -0.05) is 12.1 Å². The summed E-state index contributed by atoms with van der Waals surface area (Å²) in [4.78, 5) is 0. The van der Waals surface area contributed by atoms with Crippen LogP contribution in [0.4, 0.5) is 4.39 Å². The second-order valence-electron chi connectivity index (χ2n) is 3.41. The first kappa shape index (κ1) is 12.6. The fraction of sp³-hybridized carbons (Fsp3) is 0.417. The molecular weight excluding hydrogens is 207 g/mol. The van der Waals surface area contributed by atoms with E-state index in [2.05, 4.69) is 11.4 Å². The van der Waals surface area contributed by atoms with Crippen LogP contribution < -0.4 is 5.32 Å². The minimum absolute atomic E-state index is 0.292. The second kappa shape index (κ2) is 6.94. The van der Waals surface area contributed by atoms with Gasteiger partial charge in [0.25, 0.3) is 0 Å². The van der Waals surface area contributed by atoms with Crippen LogP contribution in [0.15, 0.2) is 24.3 Å². The first-order valence-corrected chi connectivity index (χ1v) is 5.15. The van der Waals surface area contributed by atoms with Crippen molar-refractivity contribution in [3.8, 4) is 6.07 Å². The predicted molar refractivity (Wildman–Crippen MR) is 59.2 cm³/mol. The molecule has 0 fully saturated rings. The van der Waals surface area contributed by atoms with Gasteiger partial charge in [0, 0.05) is 13.7 Å². The summed E-state index contributed by atoms with van der Waals surface area (Å²) < 4.78 is 17.6. The molecule has 1 aromatic rings. The summed E-state index contributed by atoms with van der Waals surface area (Å²) >= 11 is 0. The lowest BCUT2D eigenvalue weighted by molar-refractivity contribution is 0.194. The standard InChI is InChI=1S/C12H15FN2O/c1-16-8-2-7-15-12(9-14)10-3-5-11(13)6-4-10/h3-6,12,15H,2,7-8H2,1H3. The Bertz CT molecular complexity index is 345. The third-order valence-electron chi connectivity index (χ3n) is 2.21. The average molecular weight is 222 g/mol. The third kappa shape index (κ3) is 3.97. The predicted octanol–water partition coefficient (Wildman–Crippen LogP) is 2.02. The molecule has 3 nitrogen and oxygen atoms in total. The van der Waals surface area contributed by atoms with Crippen molar-refractivity contribution in [3.63, 3.8) is 0 Å². The number of ether oxygens (including phenoxy) is 1. The van der Waals surface area contributed by atoms with Gasteiger partial charge in [-0.05, 0) is 30.7 Å². The Kier molecular flexibility index (Phi) is 5.48.